The van der Waals surface area contributed by atoms with Crippen molar-refractivity contribution in [3.8, 4) is 11.5 Å². The zero-order valence-corrected chi connectivity index (χ0v) is 16.2. The molecule has 1 amide bonds. The van der Waals surface area contributed by atoms with Crippen LogP contribution < -0.4 is 20.6 Å². The number of hydrogen-bond acceptors (Lipinski definition) is 5. The van der Waals surface area contributed by atoms with Crippen molar-refractivity contribution in [1.82, 2.24) is 0 Å². The van der Waals surface area contributed by atoms with E-state index in [-0.39, 0.29) is 18.2 Å². The van der Waals surface area contributed by atoms with Crippen molar-refractivity contribution in [2.75, 3.05) is 26.0 Å². The lowest BCUT2D eigenvalue weighted by Gasteiger charge is -2.16. The molecular formula is C20H20ClN2O5+. The van der Waals surface area contributed by atoms with Crippen molar-refractivity contribution in [2.45, 2.75) is 6.54 Å². The number of methoxy groups -OCH3 is 1. The lowest BCUT2D eigenvalue weighted by molar-refractivity contribution is -0.885. The third kappa shape index (κ3) is 4.62. The van der Waals surface area contributed by atoms with Gasteiger partial charge in [0.2, 0.25) is 0 Å². The molecule has 2 aromatic carbocycles. The van der Waals surface area contributed by atoms with Crippen LogP contribution in [0.1, 0.15) is 5.56 Å². The van der Waals surface area contributed by atoms with E-state index in [1.54, 1.807) is 24.3 Å². The second-order valence-electron chi connectivity index (χ2n) is 6.47. The molecule has 8 heteroatoms. The van der Waals surface area contributed by atoms with Crippen LogP contribution >= 0.6 is 11.6 Å². The van der Waals surface area contributed by atoms with Gasteiger partial charge >= 0.3 is 5.63 Å². The first-order chi connectivity index (χ1) is 13.4. The lowest BCUT2D eigenvalue weighted by atomic mass is 10.1. The maximum Gasteiger partial charge on any atom is 0.336 e. The third-order valence-electron chi connectivity index (χ3n) is 4.20. The molecule has 0 saturated carbocycles. The average Bonchev–Trinajstić information content (AvgIpc) is 2.61. The van der Waals surface area contributed by atoms with Crippen molar-refractivity contribution < 1.29 is 24.0 Å². The molecule has 0 saturated heterocycles. The fourth-order valence-corrected chi connectivity index (χ4v) is 3.17. The maximum absolute atomic E-state index is 12.4. The molecule has 28 heavy (non-hydrogen) atoms. The minimum atomic E-state index is -0.506. The average molecular weight is 404 g/mol. The van der Waals surface area contributed by atoms with Crippen molar-refractivity contribution in [1.29, 1.82) is 0 Å². The molecule has 0 spiro atoms. The molecule has 0 aliphatic carbocycles. The minimum Gasteiger partial charge on any atom is -0.508 e. The predicted octanol–water partition coefficient (Wildman–Crippen LogP) is 1.81. The number of carbonyl (C=O) groups is 1. The van der Waals surface area contributed by atoms with E-state index in [4.69, 9.17) is 20.8 Å². The molecule has 3 aromatic rings. The Balaban J connectivity index is 1.73. The predicted molar refractivity (Wildman–Crippen MR) is 106 cm³/mol. The molecule has 146 valence electrons. The van der Waals surface area contributed by atoms with Crippen LogP contribution in [0, 0.1) is 0 Å². The summed E-state index contributed by atoms with van der Waals surface area (Å²) < 4.78 is 10.4. The molecule has 0 radical (unpaired) electrons. The number of quaternary nitrogens is 1. The normalized spacial score (nSPS) is 12.0. The number of phenols is 1. The first kappa shape index (κ1) is 19.7. The summed E-state index contributed by atoms with van der Waals surface area (Å²) in [6.45, 7) is 0.586. The summed E-state index contributed by atoms with van der Waals surface area (Å²) in [5.74, 6) is 0.313. The van der Waals surface area contributed by atoms with Crippen LogP contribution in [0.15, 0.2) is 51.7 Å². The molecule has 1 unspecified atom stereocenters. The van der Waals surface area contributed by atoms with Gasteiger partial charge in [0.15, 0.2) is 6.54 Å². The number of ether oxygens (including phenoxy) is 1. The molecule has 0 aliphatic heterocycles. The van der Waals surface area contributed by atoms with E-state index in [1.807, 2.05) is 7.05 Å². The molecule has 3 rings (SSSR count). The van der Waals surface area contributed by atoms with Gasteiger partial charge in [0.25, 0.3) is 5.91 Å². The van der Waals surface area contributed by atoms with Crippen LogP contribution in [0.25, 0.3) is 11.0 Å². The fraction of sp³-hybridized carbons (Fsp3) is 0.200. The molecule has 1 atom stereocenters. The summed E-state index contributed by atoms with van der Waals surface area (Å²) in [6, 6.07) is 11.0. The lowest BCUT2D eigenvalue weighted by Crippen LogP contribution is -3.08. The SMILES string of the molecule is COc1ccc(Cl)cc1NC(=O)C[NH+](C)Cc1cc(=O)oc2cc(O)ccc12. The molecule has 0 bridgehead atoms. The van der Waals surface area contributed by atoms with Crippen LogP contribution in [0.4, 0.5) is 5.69 Å². The second kappa shape index (κ2) is 8.33. The van der Waals surface area contributed by atoms with Gasteiger partial charge in [-0.15, -0.1) is 0 Å². The van der Waals surface area contributed by atoms with E-state index in [2.05, 4.69) is 5.32 Å². The Morgan fingerprint density at radius 2 is 2.04 bits per heavy atom. The Kier molecular flexibility index (Phi) is 5.87. The monoisotopic (exact) mass is 403 g/mol. The Morgan fingerprint density at radius 3 is 2.79 bits per heavy atom. The number of nitrogens with one attached hydrogen (secondary N) is 2. The number of halogens is 1. The van der Waals surface area contributed by atoms with Gasteiger partial charge < -0.3 is 24.5 Å². The summed E-state index contributed by atoms with van der Waals surface area (Å²) in [5.41, 5.74) is 1.03. The largest absolute Gasteiger partial charge is 0.508 e. The summed E-state index contributed by atoms with van der Waals surface area (Å²) in [7, 11) is 3.36. The maximum atomic E-state index is 12.4. The fourth-order valence-electron chi connectivity index (χ4n) is 3.00. The molecule has 1 aromatic heterocycles. The van der Waals surface area contributed by atoms with E-state index < -0.39 is 5.63 Å². The van der Waals surface area contributed by atoms with Gasteiger partial charge in [0.1, 0.15) is 23.6 Å². The Bertz CT molecular complexity index is 1080. The van der Waals surface area contributed by atoms with Crippen molar-refractivity contribution >= 4 is 34.2 Å². The van der Waals surface area contributed by atoms with Crippen LogP contribution in [-0.4, -0.2) is 31.7 Å². The highest BCUT2D eigenvalue weighted by molar-refractivity contribution is 6.31. The van der Waals surface area contributed by atoms with Gasteiger partial charge in [-0.3, -0.25) is 4.79 Å². The van der Waals surface area contributed by atoms with Gasteiger partial charge in [-0.05, 0) is 30.3 Å². The van der Waals surface area contributed by atoms with Crippen molar-refractivity contribution in [2.24, 2.45) is 0 Å². The summed E-state index contributed by atoms with van der Waals surface area (Å²) >= 11 is 5.98. The third-order valence-corrected chi connectivity index (χ3v) is 4.44. The highest BCUT2D eigenvalue weighted by atomic mass is 35.5. The number of amides is 1. The number of likely N-dealkylation sites (N-methyl/N-ethyl adjacent to an activating group) is 1. The number of anilines is 1. The van der Waals surface area contributed by atoms with Gasteiger partial charge in [0, 0.05) is 28.1 Å². The van der Waals surface area contributed by atoms with E-state index in [9.17, 15) is 14.7 Å². The first-order valence-corrected chi connectivity index (χ1v) is 8.94. The molecule has 3 N–H and O–H groups in total. The van der Waals surface area contributed by atoms with Crippen LogP contribution in [0.3, 0.4) is 0 Å². The standard InChI is InChI=1S/C20H19ClN2O5/c1-23(11-19(25)22-16-8-13(21)3-6-17(16)27-2)10-12-7-20(26)28-18-9-14(24)4-5-15(12)18/h3-9,24H,10-11H2,1-2H3,(H,22,25)/p+1. The van der Waals surface area contributed by atoms with Crippen LogP contribution in [-0.2, 0) is 11.3 Å². The molecule has 1 heterocycles. The number of rotatable bonds is 6. The Labute approximate surface area is 166 Å². The zero-order valence-electron chi connectivity index (χ0n) is 15.4. The Hall–Kier alpha value is -3.03. The van der Waals surface area contributed by atoms with Crippen LogP contribution in [0.5, 0.6) is 11.5 Å². The van der Waals surface area contributed by atoms with Gasteiger partial charge in [-0.2, -0.15) is 0 Å². The van der Waals surface area contributed by atoms with E-state index in [0.29, 0.717) is 34.0 Å². The number of fused-ring (bicyclic) bond motifs is 1. The highest BCUT2D eigenvalue weighted by Crippen LogP contribution is 2.27. The second-order valence-corrected chi connectivity index (χ2v) is 6.91. The number of aromatic hydroxyl groups is 1. The molecule has 0 aliphatic rings. The quantitative estimate of drug-likeness (QED) is 0.546. The van der Waals surface area contributed by atoms with Crippen molar-refractivity contribution in [3.05, 3.63) is 63.5 Å². The van der Waals surface area contributed by atoms with E-state index in [0.717, 1.165) is 10.5 Å². The highest BCUT2D eigenvalue weighted by Gasteiger charge is 2.16. The van der Waals surface area contributed by atoms with Crippen molar-refractivity contribution in [3.63, 3.8) is 0 Å². The molecule has 0 fully saturated rings. The smallest absolute Gasteiger partial charge is 0.336 e. The number of carbonyl (C=O) groups excluding carboxylic acids is 1. The summed E-state index contributed by atoms with van der Waals surface area (Å²) in [4.78, 5) is 25.1. The summed E-state index contributed by atoms with van der Waals surface area (Å²) in [5, 5.41) is 13.6. The molecular weight excluding hydrogens is 384 g/mol. The van der Waals surface area contributed by atoms with Crippen LogP contribution in [0.2, 0.25) is 5.02 Å². The number of hydrogen-bond donors (Lipinski definition) is 3. The van der Waals surface area contributed by atoms with E-state index >= 15 is 0 Å². The number of phenolic OH excluding ortho intramolecular Hbond substituents is 1. The molecule has 7 nitrogen and oxygen atoms in total. The Morgan fingerprint density at radius 1 is 1.25 bits per heavy atom. The number of benzene rings is 2. The minimum absolute atomic E-state index is 0.0170. The van der Waals surface area contributed by atoms with E-state index in [1.165, 1.54) is 25.3 Å². The first-order valence-electron chi connectivity index (χ1n) is 8.56. The van der Waals surface area contributed by atoms with Gasteiger partial charge in [0.05, 0.1) is 19.8 Å². The zero-order chi connectivity index (χ0) is 20.3. The van der Waals surface area contributed by atoms with Gasteiger partial charge in [-0.1, -0.05) is 11.6 Å². The van der Waals surface area contributed by atoms with Gasteiger partial charge in [-0.25, -0.2) is 4.79 Å². The summed E-state index contributed by atoms with van der Waals surface area (Å²) in [6.07, 6.45) is 0. The topological polar surface area (TPSA) is 93.2 Å².